The van der Waals surface area contributed by atoms with Crippen molar-refractivity contribution in [3.05, 3.63) is 0 Å². The van der Waals surface area contributed by atoms with Gasteiger partial charge in [0.2, 0.25) is 11.0 Å². The summed E-state index contributed by atoms with van der Waals surface area (Å²) in [4.78, 5) is 25.0. The summed E-state index contributed by atoms with van der Waals surface area (Å²) in [7, 11) is 0. The number of thioether (sulfide) groups is 1. The number of hydrogen-bond donors (Lipinski definition) is 0. The lowest BCUT2D eigenvalue weighted by atomic mass is 10.1. The maximum absolute atomic E-state index is 11.7. The number of amides is 1. The molecular weight excluding hydrogens is 186 g/mol. The van der Waals surface area contributed by atoms with Gasteiger partial charge in [0, 0.05) is 18.3 Å². The molecule has 2 fully saturated rings. The van der Waals surface area contributed by atoms with Crippen molar-refractivity contribution < 1.29 is 9.59 Å². The molecule has 3 nitrogen and oxygen atoms in total. The van der Waals surface area contributed by atoms with Crippen LogP contribution in [-0.2, 0) is 9.59 Å². The molecular formula is C9H13NO2S. The van der Waals surface area contributed by atoms with Crippen molar-refractivity contribution in [1.29, 1.82) is 0 Å². The van der Waals surface area contributed by atoms with E-state index in [4.69, 9.17) is 0 Å². The molecule has 0 aliphatic carbocycles. The van der Waals surface area contributed by atoms with Gasteiger partial charge in [0.25, 0.3) is 0 Å². The summed E-state index contributed by atoms with van der Waals surface area (Å²) >= 11 is 1.33. The molecule has 0 aromatic heterocycles. The van der Waals surface area contributed by atoms with Crippen LogP contribution < -0.4 is 0 Å². The summed E-state index contributed by atoms with van der Waals surface area (Å²) in [6, 6.07) is 0.325. The first-order chi connectivity index (χ1) is 6.20. The first kappa shape index (κ1) is 9.06. The molecule has 4 heteroatoms. The fourth-order valence-corrected chi connectivity index (χ4v) is 3.01. The smallest absolute Gasteiger partial charge is 0.234 e. The zero-order valence-corrected chi connectivity index (χ0v) is 8.47. The molecule has 2 rings (SSSR count). The molecule has 2 aliphatic heterocycles. The van der Waals surface area contributed by atoms with Gasteiger partial charge in [0.1, 0.15) is 5.92 Å². The summed E-state index contributed by atoms with van der Waals surface area (Å²) in [6.45, 7) is 2.57. The predicted octanol–water partition coefficient (Wildman–Crippen LogP) is 0.887. The molecule has 0 aromatic carbocycles. The van der Waals surface area contributed by atoms with Gasteiger partial charge >= 0.3 is 0 Å². The largest absolute Gasteiger partial charge is 0.338 e. The molecule has 0 spiro atoms. The van der Waals surface area contributed by atoms with Gasteiger partial charge in [0.15, 0.2) is 0 Å². The fourth-order valence-electron chi connectivity index (χ4n) is 1.95. The summed E-state index contributed by atoms with van der Waals surface area (Å²) in [6.07, 6.45) is 2.16. The van der Waals surface area contributed by atoms with Gasteiger partial charge in [-0.1, -0.05) is 11.8 Å². The average Bonchev–Trinajstić information content (AvgIpc) is 2.56. The van der Waals surface area contributed by atoms with E-state index < -0.39 is 5.92 Å². The van der Waals surface area contributed by atoms with E-state index >= 15 is 0 Å². The SMILES string of the molecule is C[C@H]1C(=O)SC[C@@H]2CCCN2C1=O. The molecule has 0 bridgehead atoms. The fraction of sp³-hybridized carbons (Fsp3) is 0.778. The van der Waals surface area contributed by atoms with E-state index in [2.05, 4.69) is 0 Å². The van der Waals surface area contributed by atoms with Crippen LogP contribution in [0, 0.1) is 5.92 Å². The Morgan fingerprint density at radius 2 is 2.23 bits per heavy atom. The van der Waals surface area contributed by atoms with E-state index in [1.807, 2.05) is 4.90 Å². The third-order valence-electron chi connectivity index (χ3n) is 2.80. The van der Waals surface area contributed by atoms with E-state index in [0.29, 0.717) is 6.04 Å². The number of carbonyl (C=O) groups is 2. The van der Waals surface area contributed by atoms with Crippen molar-refractivity contribution in [2.24, 2.45) is 5.92 Å². The second-order valence-corrected chi connectivity index (χ2v) is 4.70. The maximum atomic E-state index is 11.7. The van der Waals surface area contributed by atoms with Crippen molar-refractivity contribution in [1.82, 2.24) is 4.90 Å². The van der Waals surface area contributed by atoms with Crippen LogP contribution in [0.1, 0.15) is 19.8 Å². The minimum atomic E-state index is -0.423. The van der Waals surface area contributed by atoms with Gasteiger partial charge < -0.3 is 4.90 Å². The molecule has 0 radical (unpaired) electrons. The molecule has 0 saturated carbocycles. The van der Waals surface area contributed by atoms with Crippen molar-refractivity contribution in [2.45, 2.75) is 25.8 Å². The highest BCUT2D eigenvalue weighted by atomic mass is 32.2. The minimum absolute atomic E-state index is 0.0394. The standard InChI is InChI=1S/C9H13NO2S/c1-6-8(11)10-4-2-3-7(10)5-13-9(6)12/h6-7H,2-5H2,1H3/t6-,7+/m1/s1. The normalized spacial score (nSPS) is 34.7. The van der Waals surface area contributed by atoms with E-state index in [-0.39, 0.29) is 11.0 Å². The summed E-state index contributed by atoms with van der Waals surface area (Å²) in [5.41, 5.74) is 0. The van der Waals surface area contributed by atoms with Gasteiger partial charge in [-0.15, -0.1) is 0 Å². The Morgan fingerprint density at radius 3 is 3.00 bits per heavy atom. The summed E-state index contributed by atoms with van der Waals surface area (Å²) in [5, 5.41) is 0.0411. The van der Waals surface area contributed by atoms with Crippen molar-refractivity contribution in [3.63, 3.8) is 0 Å². The molecule has 2 aliphatic rings. The molecule has 0 N–H and O–H groups in total. The minimum Gasteiger partial charge on any atom is -0.338 e. The quantitative estimate of drug-likeness (QED) is 0.544. The number of rotatable bonds is 0. The molecule has 72 valence electrons. The molecule has 2 saturated heterocycles. The number of fused-ring (bicyclic) bond motifs is 1. The van der Waals surface area contributed by atoms with E-state index in [1.165, 1.54) is 11.8 Å². The van der Waals surface area contributed by atoms with Crippen molar-refractivity contribution in [2.75, 3.05) is 12.3 Å². The summed E-state index contributed by atoms with van der Waals surface area (Å²) < 4.78 is 0. The lowest BCUT2D eigenvalue weighted by Crippen LogP contribution is -2.38. The topological polar surface area (TPSA) is 37.4 Å². The molecule has 13 heavy (non-hydrogen) atoms. The van der Waals surface area contributed by atoms with Gasteiger partial charge in [-0.3, -0.25) is 9.59 Å². The molecule has 1 amide bonds. The highest BCUT2D eigenvalue weighted by Crippen LogP contribution is 2.29. The third kappa shape index (κ3) is 1.47. The molecule has 0 unspecified atom stereocenters. The summed E-state index contributed by atoms with van der Waals surface area (Å²) in [5.74, 6) is 0.417. The van der Waals surface area contributed by atoms with Crippen LogP contribution in [0.15, 0.2) is 0 Å². The maximum Gasteiger partial charge on any atom is 0.234 e. The van der Waals surface area contributed by atoms with Gasteiger partial charge in [-0.05, 0) is 19.8 Å². The van der Waals surface area contributed by atoms with Crippen LogP contribution in [0.4, 0.5) is 0 Å². The molecule has 2 atom stereocenters. The van der Waals surface area contributed by atoms with Crippen LogP contribution >= 0.6 is 11.8 Å². The zero-order valence-electron chi connectivity index (χ0n) is 7.66. The lowest BCUT2D eigenvalue weighted by Gasteiger charge is -2.22. The number of hydrogen-bond acceptors (Lipinski definition) is 3. The van der Waals surface area contributed by atoms with Crippen LogP contribution in [0.3, 0.4) is 0 Å². The monoisotopic (exact) mass is 199 g/mol. The highest BCUT2D eigenvalue weighted by Gasteiger charge is 2.37. The predicted molar refractivity (Wildman–Crippen MR) is 51.4 cm³/mol. The first-order valence-corrected chi connectivity index (χ1v) is 5.66. The Morgan fingerprint density at radius 1 is 1.46 bits per heavy atom. The second-order valence-electron chi connectivity index (χ2n) is 3.68. The zero-order chi connectivity index (χ0) is 9.42. The van der Waals surface area contributed by atoms with Crippen LogP contribution in [0.5, 0.6) is 0 Å². The Balaban J connectivity index is 2.21. The van der Waals surface area contributed by atoms with Crippen LogP contribution in [0.25, 0.3) is 0 Å². The van der Waals surface area contributed by atoms with Crippen LogP contribution in [-0.4, -0.2) is 34.3 Å². The Labute approximate surface area is 81.9 Å². The van der Waals surface area contributed by atoms with E-state index in [1.54, 1.807) is 6.92 Å². The second kappa shape index (κ2) is 3.33. The Bertz CT molecular complexity index is 254. The van der Waals surface area contributed by atoms with Gasteiger partial charge in [0.05, 0.1) is 0 Å². The van der Waals surface area contributed by atoms with Crippen LogP contribution in [0.2, 0.25) is 0 Å². The Hall–Kier alpha value is -0.510. The first-order valence-electron chi connectivity index (χ1n) is 4.67. The number of nitrogens with zero attached hydrogens (tertiary/aromatic N) is 1. The molecule has 0 aromatic rings. The average molecular weight is 199 g/mol. The third-order valence-corrected chi connectivity index (χ3v) is 3.99. The van der Waals surface area contributed by atoms with Gasteiger partial charge in [-0.25, -0.2) is 0 Å². The van der Waals surface area contributed by atoms with Crippen molar-refractivity contribution in [3.8, 4) is 0 Å². The Kier molecular flexibility index (Phi) is 2.32. The van der Waals surface area contributed by atoms with E-state index in [0.717, 1.165) is 25.1 Å². The van der Waals surface area contributed by atoms with Crippen molar-refractivity contribution >= 4 is 22.8 Å². The molecule has 2 heterocycles. The lowest BCUT2D eigenvalue weighted by molar-refractivity contribution is -0.137. The highest BCUT2D eigenvalue weighted by molar-refractivity contribution is 8.13. The van der Waals surface area contributed by atoms with E-state index in [9.17, 15) is 9.59 Å². The number of carbonyl (C=O) groups excluding carboxylic acids is 2. The van der Waals surface area contributed by atoms with Gasteiger partial charge in [-0.2, -0.15) is 0 Å².